The monoisotopic (exact) mass is 392 g/mol. The lowest BCUT2D eigenvalue weighted by Crippen LogP contribution is -2.39. The quantitative estimate of drug-likeness (QED) is 0.702. The first-order valence-electron chi connectivity index (χ1n) is 8.91. The Morgan fingerprint density at radius 2 is 2.26 bits per heavy atom. The molecule has 0 saturated carbocycles. The summed E-state index contributed by atoms with van der Waals surface area (Å²) < 4.78 is 12.9. The lowest BCUT2D eigenvalue weighted by atomic mass is 10.2. The number of urea groups is 1. The van der Waals surface area contributed by atoms with Gasteiger partial charge in [0.1, 0.15) is 5.76 Å². The van der Waals surface area contributed by atoms with Gasteiger partial charge in [0.15, 0.2) is 5.16 Å². The highest BCUT2D eigenvalue weighted by atomic mass is 32.2. The fraction of sp³-hybridized carbons (Fsp3) is 0.500. The van der Waals surface area contributed by atoms with E-state index in [1.54, 1.807) is 12.1 Å². The third-order valence-electron chi connectivity index (χ3n) is 4.42. The molecule has 1 unspecified atom stereocenters. The molecule has 0 aliphatic carbocycles. The molecule has 146 valence electrons. The summed E-state index contributed by atoms with van der Waals surface area (Å²) in [6, 6.07) is 2.93. The van der Waals surface area contributed by atoms with Gasteiger partial charge in [-0.3, -0.25) is 10.1 Å². The summed E-state index contributed by atoms with van der Waals surface area (Å²) >= 11 is 1.32. The number of amides is 3. The van der Waals surface area contributed by atoms with Crippen LogP contribution < -0.4 is 10.6 Å². The molecule has 1 saturated heterocycles. The average molecular weight is 392 g/mol. The van der Waals surface area contributed by atoms with Crippen molar-refractivity contribution in [2.24, 2.45) is 0 Å². The zero-order valence-corrected chi connectivity index (χ0v) is 16.3. The van der Waals surface area contributed by atoms with Crippen molar-refractivity contribution in [2.75, 3.05) is 12.4 Å². The Balaban J connectivity index is 1.49. The van der Waals surface area contributed by atoms with Crippen molar-refractivity contribution in [3.63, 3.8) is 0 Å². The third kappa shape index (κ3) is 5.36. The van der Waals surface area contributed by atoms with E-state index in [2.05, 4.69) is 20.2 Å². The fourth-order valence-corrected chi connectivity index (χ4v) is 3.76. The highest BCUT2D eigenvalue weighted by Crippen LogP contribution is 2.24. The smallest absolute Gasteiger partial charge is 0.321 e. The van der Waals surface area contributed by atoms with Crippen molar-refractivity contribution in [3.05, 3.63) is 35.5 Å². The molecule has 3 heterocycles. The molecule has 8 nitrogen and oxygen atoms in total. The van der Waals surface area contributed by atoms with Gasteiger partial charge in [-0.2, -0.15) is 0 Å². The average Bonchev–Trinajstić information content (AvgIpc) is 3.38. The van der Waals surface area contributed by atoms with Crippen molar-refractivity contribution in [3.8, 4) is 0 Å². The largest absolute Gasteiger partial charge is 0.467 e. The number of furan rings is 1. The molecule has 0 aromatic carbocycles. The van der Waals surface area contributed by atoms with E-state index in [0.29, 0.717) is 5.76 Å². The molecule has 2 aromatic rings. The van der Waals surface area contributed by atoms with E-state index in [1.165, 1.54) is 18.0 Å². The fourth-order valence-electron chi connectivity index (χ4n) is 2.86. The van der Waals surface area contributed by atoms with Crippen molar-refractivity contribution in [2.45, 2.75) is 51.0 Å². The maximum absolute atomic E-state index is 12.1. The number of rotatable bonds is 7. The maximum Gasteiger partial charge on any atom is 0.321 e. The molecule has 1 atom stereocenters. The molecule has 1 aliphatic heterocycles. The summed E-state index contributed by atoms with van der Waals surface area (Å²) in [6.45, 7) is 5.73. The van der Waals surface area contributed by atoms with E-state index in [1.807, 2.05) is 13.8 Å². The molecular weight excluding hydrogens is 368 g/mol. The topological polar surface area (TPSA) is 98.4 Å². The van der Waals surface area contributed by atoms with Gasteiger partial charge >= 0.3 is 6.03 Å². The van der Waals surface area contributed by atoms with Gasteiger partial charge in [0, 0.05) is 12.3 Å². The number of carbonyl (C=O) groups is 2. The highest BCUT2D eigenvalue weighted by Gasteiger charge is 2.21. The van der Waals surface area contributed by atoms with Gasteiger partial charge < -0.3 is 19.0 Å². The second-order valence-electron chi connectivity index (χ2n) is 6.41. The first kappa shape index (κ1) is 19.5. The van der Waals surface area contributed by atoms with Crippen LogP contribution >= 0.6 is 11.8 Å². The van der Waals surface area contributed by atoms with Crippen molar-refractivity contribution >= 4 is 23.7 Å². The van der Waals surface area contributed by atoms with Gasteiger partial charge in [-0.05, 0) is 38.8 Å². The molecule has 0 radical (unpaired) electrons. The Labute approximate surface area is 162 Å². The number of hydrogen-bond donors (Lipinski definition) is 2. The number of aromatic nitrogens is 2. The molecular formula is C18H24N4O4S. The second kappa shape index (κ2) is 9.09. The molecule has 0 spiro atoms. The van der Waals surface area contributed by atoms with Gasteiger partial charge in [-0.15, -0.1) is 0 Å². The summed E-state index contributed by atoms with van der Waals surface area (Å²) in [4.78, 5) is 28.4. The minimum Gasteiger partial charge on any atom is -0.467 e. The summed E-state index contributed by atoms with van der Waals surface area (Å²) in [5, 5.41) is 5.66. The van der Waals surface area contributed by atoms with Crippen LogP contribution in [0.15, 0.2) is 28.0 Å². The Bertz CT molecular complexity index is 782. The highest BCUT2D eigenvalue weighted by molar-refractivity contribution is 7.99. The second-order valence-corrected chi connectivity index (χ2v) is 7.35. The first-order valence-corrected chi connectivity index (χ1v) is 9.89. The predicted octanol–water partition coefficient (Wildman–Crippen LogP) is 2.39. The molecule has 1 aliphatic rings. The number of carbonyl (C=O) groups excluding carboxylic acids is 2. The van der Waals surface area contributed by atoms with E-state index in [9.17, 15) is 9.59 Å². The zero-order valence-electron chi connectivity index (χ0n) is 15.5. The molecule has 27 heavy (non-hydrogen) atoms. The van der Waals surface area contributed by atoms with Crippen LogP contribution in [0.5, 0.6) is 0 Å². The van der Waals surface area contributed by atoms with Crippen LogP contribution in [-0.4, -0.2) is 40.0 Å². The van der Waals surface area contributed by atoms with Gasteiger partial charge in [0.2, 0.25) is 5.91 Å². The number of nitrogens with zero attached hydrogens (tertiary/aromatic N) is 2. The van der Waals surface area contributed by atoms with Crippen molar-refractivity contribution in [1.29, 1.82) is 0 Å². The maximum atomic E-state index is 12.1. The number of imide groups is 1. The molecule has 3 amide bonds. The summed E-state index contributed by atoms with van der Waals surface area (Å²) in [5.74, 6) is 0.350. The van der Waals surface area contributed by atoms with Gasteiger partial charge in [0.25, 0.3) is 0 Å². The lowest BCUT2D eigenvalue weighted by molar-refractivity contribution is -0.117. The standard InChI is InChI=1S/C18H24N4O4S/c1-12-13(2)22(10-15-6-4-8-26-15)18(20-12)27-11-16(23)21-17(24)19-9-14-5-3-7-25-14/h3,5,7,15H,4,6,8-11H2,1-2H3,(H2,19,21,23,24). The van der Waals surface area contributed by atoms with Crippen LogP contribution in [0.3, 0.4) is 0 Å². The van der Waals surface area contributed by atoms with E-state index < -0.39 is 6.03 Å². The van der Waals surface area contributed by atoms with E-state index in [4.69, 9.17) is 9.15 Å². The Morgan fingerprint density at radius 3 is 2.96 bits per heavy atom. The third-order valence-corrected chi connectivity index (χ3v) is 5.40. The Morgan fingerprint density at radius 1 is 1.41 bits per heavy atom. The molecule has 2 N–H and O–H groups in total. The van der Waals surface area contributed by atoms with Crippen LogP contribution in [0.2, 0.25) is 0 Å². The number of thioether (sulfide) groups is 1. The molecule has 0 bridgehead atoms. The summed E-state index contributed by atoms with van der Waals surface area (Å²) in [5.41, 5.74) is 2.01. The Hall–Kier alpha value is -2.26. The van der Waals surface area contributed by atoms with Gasteiger partial charge in [-0.25, -0.2) is 9.78 Å². The van der Waals surface area contributed by atoms with Crippen LogP contribution in [0.4, 0.5) is 4.79 Å². The molecule has 2 aromatic heterocycles. The predicted molar refractivity (Wildman–Crippen MR) is 100 cm³/mol. The van der Waals surface area contributed by atoms with Gasteiger partial charge in [-0.1, -0.05) is 11.8 Å². The van der Waals surface area contributed by atoms with Crippen LogP contribution in [-0.2, 0) is 22.6 Å². The van der Waals surface area contributed by atoms with Crippen molar-refractivity contribution < 1.29 is 18.7 Å². The minimum absolute atomic E-state index is 0.107. The number of imidazole rings is 1. The molecule has 1 fully saturated rings. The number of hydrogen-bond acceptors (Lipinski definition) is 6. The molecule has 9 heteroatoms. The lowest BCUT2D eigenvalue weighted by Gasteiger charge is -2.14. The number of ether oxygens (including phenoxy) is 1. The van der Waals surface area contributed by atoms with Gasteiger partial charge in [0.05, 0.1) is 36.9 Å². The van der Waals surface area contributed by atoms with E-state index >= 15 is 0 Å². The zero-order chi connectivity index (χ0) is 19.2. The SMILES string of the molecule is Cc1nc(SCC(=O)NC(=O)NCc2ccco2)n(CC2CCCO2)c1C. The minimum atomic E-state index is -0.549. The summed E-state index contributed by atoms with van der Waals surface area (Å²) in [6.07, 6.45) is 3.84. The van der Waals surface area contributed by atoms with Crippen LogP contribution in [0.25, 0.3) is 0 Å². The first-order chi connectivity index (χ1) is 13.0. The Kier molecular flexibility index (Phi) is 6.57. The number of nitrogens with one attached hydrogen (secondary N) is 2. The normalized spacial score (nSPS) is 16.4. The molecule has 3 rings (SSSR count). The van der Waals surface area contributed by atoms with Crippen molar-refractivity contribution in [1.82, 2.24) is 20.2 Å². The van der Waals surface area contributed by atoms with E-state index in [0.717, 1.165) is 42.5 Å². The van der Waals surface area contributed by atoms with Crippen LogP contribution in [0.1, 0.15) is 30.0 Å². The number of aryl methyl sites for hydroxylation is 1. The van der Waals surface area contributed by atoms with E-state index in [-0.39, 0.29) is 24.3 Å². The summed E-state index contributed by atoms with van der Waals surface area (Å²) in [7, 11) is 0. The van der Waals surface area contributed by atoms with Crippen LogP contribution in [0, 0.1) is 13.8 Å².